The zero-order chi connectivity index (χ0) is 13.8. The van der Waals surface area contributed by atoms with Gasteiger partial charge < -0.3 is 10.4 Å². The number of aliphatic carboxylic acids is 1. The van der Waals surface area contributed by atoms with Crippen LogP contribution in [-0.4, -0.2) is 24.2 Å². The number of hydrogen-bond acceptors (Lipinski definition) is 2. The number of nitrogens with one attached hydrogen (secondary N) is 1. The molecule has 0 atom stereocenters. The topological polar surface area (TPSA) is 49.3 Å². The average Bonchev–Trinajstić information content (AvgIpc) is 2.37. The first kappa shape index (κ1) is 13.8. The van der Waals surface area contributed by atoms with E-state index in [0.29, 0.717) is 5.92 Å². The minimum absolute atomic E-state index is 0.346. The second-order valence-corrected chi connectivity index (χ2v) is 5.28. The van der Waals surface area contributed by atoms with E-state index in [9.17, 15) is 4.79 Å². The van der Waals surface area contributed by atoms with Crippen LogP contribution in [0.1, 0.15) is 29.5 Å². The maximum absolute atomic E-state index is 11.1. The molecule has 2 rings (SSSR count). The second-order valence-electron chi connectivity index (χ2n) is 5.28. The fourth-order valence-corrected chi connectivity index (χ4v) is 2.82. The Morgan fingerprint density at radius 1 is 1.32 bits per heavy atom. The van der Waals surface area contributed by atoms with Crippen LogP contribution in [0.25, 0.3) is 5.57 Å². The molecule has 1 fully saturated rings. The lowest BCUT2D eigenvalue weighted by Crippen LogP contribution is -2.28. The molecular weight excluding hydrogens is 238 g/mol. The lowest BCUT2D eigenvalue weighted by molar-refractivity contribution is -0.131. The van der Waals surface area contributed by atoms with Crippen molar-refractivity contribution in [3.05, 3.63) is 41.0 Å². The summed E-state index contributed by atoms with van der Waals surface area (Å²) in [5.74, 6) is -0.507. The van der Waals surface area contributed by atoms with Crippen LogP contribution in [0.5, 0.6) is 0 Å². The Hall–Kier alpha value is -1.61. The molecule has 3 nitrogen and oxygen atoms in total. The number of carbonyl (C=O) groups is 1. The van der Waals surface area contributed by atoms with E-state index in [2.05, 4.69) is 37.4 Å². The highest BCUT2D eigenvalue weighted by molar-refractivity contribution is 5.91. The molecule has 3 heteroatoms. The van der Waals surface area contributed by atoms with Crippen molar-refractivity contribution in [2.75, 3.05) is 13.1 Å². The van der Waals surface area contributed by atoms with Gasteiger partial charge in [-0.3, -0.25) is 0 Å². The number of piperidine rings is 1. The van der Waals surface area contributed by atoms with Gasteiger partial charge in [0.25, 0.3) is 0 Å². The molecule has 0 saturated carbocycles. The summed E-state index contributed by atoms with van der Waals surface area (Å²) in [4.78, 5) is 11.1. The fourth-order valence-electron chi connectivity index (χ4n) is 2.82. The van der Waals surface area contributed by atoms with Gasteiger partial charge in [-0.15, -0.1) is 0 Å². The molecule has 1 aromatic carbocycles. The summed E-state index contributed by atoms with van der Waals surface area (Å²) in [6.07, 6.45) is 3.41. The molecule has 1 saturated heterocycles. The summed E-state index contributed by atoms with van der Waals surface area (Å²) in [5.41, 5.74) is 4.43. The van der Waals surface area contributed by atoms with E-state index in [1.54, 1.807) is 0 Å². The quantitative estimate of drug-likeness (QED) is 0.821. The minimum Gasteiger partial charge on any atom is -0.478 e. The maximum atomic E-state index is 11.1. The van der Waals surface area contributed by atoms with Gasteiger partial charge in [0.2, 0.25) is 0 Å². The Balaban J connectivity index is 2.39. The molecule has 1 aromatic rings. The Bertz CT molecular complexity index is 499. The monoisotopic (exact) mass is 259 g/mol. The molecule has 0 radical (unpaired) electrons. The Kier molecular flexibility index (Phi) is 4.38. The number of allylic oxidation sites excluding steroid dienone is 1. The molecule has 0 unspecified atom stereocenters. The molecule has 0 amide bonds. The van der Waals surface area contributed by atoms with Crippen LogP contribution in [0, 0.1) is 19.8 Å². The summed E-state index contributed by atoms with van der Waals surface area (Å²) in [6, 6.07) is 6.23. The van der Waals surface area contributed by atoms with Gasteiger partial charge in [-0.05, 0) is 62.4 Å². The number of aryl methyl sites for hydroxylation is 2. The van der Waals surface area contributed by atoms with Crippen molar-refractivity contribution >= 4 is 11.5 Å². The van der Waals surface area contributed by atoms with Gasteiger partial charge in [-0.25, -0.2) is 4.79 Å². The first-order valence-electron chi connectivity index (χ1n) is 6.81. The summed E-state index contributed by atoms with van der Waals surface area (Å²) in [5, 5.41) is 12.5. The molecule has 1 aliphatic rings. The molecule has 1 heterocycles. The number of carboxylic acids is 1. The van der Waals surface area contributed by atoms with Gasteiger partial charge in [-0.1, -0.05) is 23.8 Å². The van der Waals surface area contributed by atoms with Crippen LogP contribution >= 0.6 is 0 Å². The highest BCUT2D eigenvalue weighted by Crippen LogP contribution is 2.32. The number of benzene rings is 1. The predicted octanol–water partition coefficient (Wildman–Crippen LogP) is 2.77. The van der Waals surface area contributed by atoms with E-state index in [4.69, 9.17) is 5.11 Å². The molecule has 2 N–H and O–H groups in total. The van der Waals surface area contributed by atoms with Crippen LogP contribution in [-0.2, 0) is 4.79 Å². The van der Waals surface area contributed by atoms with Gasteiger partial charge in [0.15, 0.2) is 0 Å². The Labute approximate surface area is 114 Å². The maximum Gasteiger partial charge on any atom is 0.328 e. The fraction of sp³-hybridized carbons (Fsp3) is 0.438. The SMILES string of the molecule is Cc1ccc(/C(=C/C(=O)O)C2CCNCC2)c(C)c1. The normalized spacial score (nSPS) is 17.5. The first-order chi connectivity index (χ1) is 9.08. The minimum atomic E-state index is -0.853. The zero-order valence-electron chi connectivity index (χ0n) is 11.6. The molecule has 102 valence electrons. The van der Waals surface area contributed by atoms with Crippen molar-refractivity contribution in [3.63, 3.8) is 0 Å². The standard InChI is InChI=1S/C16H21NO2/c1-11-3-4-14(12(2)9-11)15(10-16(18)19)13-5-7-17-8-6-13/h3-4,9-10,13,17H,5-8H2,1-2H3,(H,18,19)/b15-10+. The van der Waals surface area contributed by atoms with Crippen molar-refractivity contribution in [2.45, 2.75) is 26.7 Å². The van der Waals surface area contributed by atoms with Gasteiger partial charge in [0.05, 0.1) is 0 Å². The molecular formula is C16H21NO2. The molecule has 0 aromatic heterocycles. The summed E-state index contributed by atoms with van der Waals surface area (Å²) >= 11 is 0. The van der Waals surface area contributed by atoms with Crippen molar-refractivity contribution in [1.82, 2.24) is 5.32 Å². The first-order valence-corrected chi connectivity index (χ1v) is 6.81. The second kappa shape index (κ2) is 6.02. The third kappa shape index (κ3) is 3.44. The third-order valence-electron chi connectivity index (χ3n) is 3.75. The highest BCUT2D eigenvalue weighted by Gasteiger charge is 2.21. The lowest BCUT2D eigenvalue weighted by atomic mass is 9.83. The van der Waals surface area contributed by atoms with Crippen LogP contribution < -0.4 is 5.32 Å². The Morgan fingerprint density at radius 2 is 2.00 bits per heavy atom. The lowest BCUT2D eigenvalue weighted by Gasteiger charge is -2.26. The third-order valence-corrected chi connectivity index (χ3v) is 3.75. The van der Waals surface area contributed by atoms with E-state index in [1.807, 2.05) is 0 Å². The number of carboxylic acid groups (broad SMARTS) is 1. The van der Waals surface area contributed by atoms with Crippen molar-refractivity contribution < 1.29 is 9.90 Å². The average molecular weight is 259 g/mol. The van der Waals surface area contributed by atoms with E-state index in [1.165, 1.54) is 11.6 Å². The van der Waals surface area contributed by atoms with Gasteiger partial charge in [-0.2, -0.15) is 0 Å². The molecule has 0 aliphatic carbocycles. The van der Waals surface area contributed by atoms with Gasteiger partial charge in [0.1, 0.15) is 0 Å². The van der Waals surface area contributed by atoms with Crippen molar-refractivity contribution in [3.8, 4) is 0 Å². The van der Waals surface area contributed by atoms with Crippen molar-refractivity contribution in [2.24, 2.45) is 5.92 Å². The van der Waals surface area contributed by atoms with E-state index in [0.717, 1.165) is 42.6 Å². The van der Waals surface area contributed by atoms with Gasteiger partial charge >= 0.3 is 5.97 Å². The van der Waals surface area contributed by atoms with E-state index >= 15 is 0 Å². The van der Waals surface area contributed by atoms with Crippen molar-refractivity contribution in [1.29, 1.82) is 0 Å². The highest BCUT2D eigenvalue weighted by atomic mass is 16.4. The summed E-state index contributed by atoms with van der Waals surface area (Å²) < 4.78 is 0. The van der Waals surface area contributed by atoms with E-state index < -0.39 is 5.97 Å². The van der Waals surface area contributed by atoms with Crippen LogP contribution in [0.4, 0.5) is 0 Å². The zero-order valence-corrected chi connectivity index (χ0v) is 11.6. The summed E-state index contributed by atoms with van der Waals surface area (Å²) in [6.45, 7) is 6.04. The summed E-state index contributed by atoms with van der Waals surface area (Å²) in [7, 11) is 0. The number of hydrogen-bond donors (Lipinski definition) is 2. The number of rotatable bonds is 3. The molecule has 1 aliphatic heterocycles. The smallest absolute Gasteiger partial charge is 0.328 e. The van der Waals surface area contributed by atoms with Crippen LogP contribution in [0.2, 0.25) is 0 Å². The van der Waals surface area contributed by atoms with Crippen LogP contribution in [0.3, 0.4) is 0 Å². The van der Waals surface area contributed by atoms with E-state index in [-0.39, 0.29) is 0 Å². The Morgan fingerprint density at radius 3 is 2.58 bits per heavy atom. The molecule has 19 heavy (non-hydrogen) atoms. The molecule has 0 bridgehead atoms. The molecule has 0 spiro atoms. The largest absolute Gasteiger partial charge is 0.478 e. The van der Waals surface area contributed by atoms with Gasteiger partial charge in [0, 0.05) is 6.08 Å². The van der Waals surface area contributed by atoms with Crippen LogP contribution in [0.15, 0.2) is 24.3 Å². The predicted molar refractivity (Wildman–Crippen MR) is 77.1 cm³/mol.